The molecule has 0 aliphatic heterocycles. The molecule has 0 amide bonds. The molecule has 0 N–H and O–H groups in total. The number of fused-ring (bicyclic) bond motifs is 2. The van der Waals surface area contributed by atoms with E-state index in [2.05, 4.69) is 9.97 Å². The molecule has 2 aromatic carbocycles. The fourth-order valence-electron chi connectivity index (χ4n) is 2.98. The van der Waals surface area contributed by atoms with Crippen molar-refractivity contribution in [1.82, 2.24) is 14.5 Å². The first-order chi connectivity index (χ1) is 11.3. The number of nitrogens with zero attached hydrogens (tertiary/aromatic N) is 3. The smallest absolute Gasteiger partial charge is 0.277 e. The second kappa shape index (κ2) is 5.32. The highest BCUT2D eigenvalue weighted by molar-refractivity contribution is 5.93. The quantitative estimate of drug-likeness (QED) is 0.568. The van der Waals surface area contributed by atoms with Crippen LogP contribution in [0.15, 0.2) is 65.6 Å². The van der Waals surface area contributed by atoms with E-state index in [1.165, 1.54) is 0 Å². The number of rotatable bonds is 2. The zero-order chi connectivity index (χ0) is 15.8. The maximum Gasteiger partial charge on any atom is 0.277 e. The minimum atomic E-state index is -0.0793. The van der Waals surface area contributed by atoms with Gasteiger partial charge in [-0.15, -0.1) is 0 Å². The van der Waals surface area contributed by atoms with Crippen LogP contribution in [-0.2, 0) is 6.54 Å². The molecule has 23 heavy (non-hydrogen) atoms. The van der Waals surface area contributed by atoms with Crippen LogP contribution < -0.4 is 5.56 Å². The Morgan fingerprint density at radius 3 is 2.70 bits per heavy atom. The molecule has 0 unspecified atom stereocenters. The van der Waals surface area contributed by atoms with E-state index in [0.29, 0.717) is 12.2 Å². The van der Waals surface area contributed by atoms with Gasteiger partial charge in [0.05, 0.1) is 16.6 Å². The standard InChI is InChI=1S/C19H15N3O/c1-2-22-16-11-4-3-10-15(16)21-18(19(22)23)14-9-5-7-13-8-6-12-20-17(13)14/h3-12H,2H2,1H3. The third kappa shape index (κ3) is 2.11. The molecule has 0 spiro atoms. The van der Waals surface area contributed by atoms with E-state index >= 15 is 0 Å². The lowest BCUT2D eigenvalue weighted by Gasteiger charge is -2.11. The lowest BCUT2D eigenvalue weighted by Crippen LogP contribution is -2.23. The first-order valence-corrected chi connectivity index (χ1v) is 7.63. The molecular weight excluding hydrogens is 286 g/mol. The molecule has 0 saturated heterocycles. The molecule has 0 bridgehead atoms. The minimum absolute atomic E-state index is 0.0793. The monoisotopic (exact) mass is 301 g/mol. The van der Waals surface area contributed by atoms with Crippen molar-refractivity contribution in [2.75, 3.05) is 0 Å². The Morgan fingerprint density at radius 2 is 1.83 bits per heavy atom. The lowest BCUT2D eigenvalue weighted by molar-refractivity contribution is 0.756. The van der Waals surface area contributed by atoms with E-state index in [1.807, 2.05) is 61.5 Å². The van der Waals surface area contributed by atoms with Gasteiger partial charge in [0.25, 0.3) is 5.56 Å². The van der Waals surface area contributed by atoms with Crippen molar-refractivity contribution >= 4 is 21.9 Å². The van der Waals surface area contributed by atoms with Gasteiger partial charge in [0.2, 0.25) is 0 Å². The molecule has 2 aromatic heterocycles. The molecule has 4 aromatic rings. The van der Waals surface area contributed by atoms with Crippen LogP contribution >= 0.6 is 0 Å². The molecule has 112 valence electrons. The summed E-state index contributed by atoms with van der Waals surface area (Å²) in [6, 6.07) is 17.4. The van der Waals surface area contributed by atoms with Crippen molar-refractivity contribution in [3.8, 4) is 11.3 Å². The van der Waals surface area contributed by atoms with Gasteiger partial charge in [0, 0.05) is 23.7 Å². The number of aryl methyl sites for hydroxylation is 1. The third-order valence-corrected chi connectivity index (χ3v) is 4.06. The van der Waals surface area contributed by atoms with Gasteiger partial charge < -0.3 is 4.57 Å². The number of benzene rings is 2. The summed E-state index contributed by atoms with van der Waals surface area (Å²) >= 11 is 0. The second-order valence-electron chi connectivity index (χ2n) is 5.38. The van der Waals surface area contributed by atoms with Crippen molar-refractivity contribution < 1.29 is 0 Å². The summed E-state index contributed by atoms with van der Waals surface area (Å²) in [5.41, 5.74) is 3.63. The normalized spacial score (nSPS) is 11.2. The maximum absolute atomic E-state index is 12.9. The topological polar surface area (TPSA) is 47.8 Å². The SMILES string of the molecule is CCn1c(=O)c(-c2cccc3cccnc23)nc2ccccc21. The Kier molecular flexibility index (Phi) is 3.15. The molecule has 0 aliphatic rings. The predicted octanol–water partition coefficient (Wildman–Crippen LogP) is 3.63. The van der Waals surface area contributed by atoms with Crippen LogP contribution in [0.3, 0.4) is 0 Å². The molecule has 0 atom stereocenters. The number of hydrogen-bond acceptors (Lipinski definition) is 3. The molecule has 0 fully saturated rings. The Hall–Kier alpha value is -3.01. The van der Waals surface area contributed by atoms with Crippen LogP contribution in [0.5, 0.6) is 0 Å². The van der Waals surface area contributed by atoms with Crippen LogP contribution in [0.25, 0.3) is 33.2 Å². The minimum Gasteiger partial charge on any atom is -0.305 e. The number of pyridine rings is 1. The van der Waals surface area contributed by atoms with Crippen molar-refractivity contribution in [2.45, 2.75) is 13.5 Å². The van der Waals surface area contributed by atoms with E-state index in [-0.39, 0.29) is 5.56 Å². The highest BCUT2D eigenvalue weighted by atomic mass is 16.1. The van der Waals surface area contributed by atoms with E-state index in [4.69, 9.17) is 0 Å². The summed E-state index contributed by atoms with van der Waals surface area (Å²) in [6.45, 7) is 2.58. The van der Waals surface area contributed by atoms with Gasteiger partial charge in [-0.25, -0.2) is 4.98 Å². The highest BCUT2D eigenvalue weighted by Gasteiger charge is 2.14. The van der Waals surface area contributed by atoms with Gasteiger partial charge in [-0.3, -0.25) is 9.78 Å². The molecule has 4 rings (SSSR count). The van der Waals surface area contributed by atoms with Crippen molar-refractivity contribution in [3.63, 3.8) is 0 Å². The van der Waals surface area contributed by atoms with Crippen molar-refractivity contribution in [2.24, 2.45) is 0 Å². The Balaban J connectivity index is 2.13. The number of para-hydroxylation sites is 3. The summed E-state index contributed by atoms with van der Waals surface area (Å²) < 4.78 is 1.76. The average molecular weight is 301 g/mol. The molecule has 0 aliphatic carbocycles. The molecule has 0 saturated carbocycles. The fraction of sp³-hybridized carbons (Fsp3) is 0.105. The van der Waals surface area contributed by atoms with E-state index in [9.17, 15) is 4.79 Å². The number of aromatic nitrogens is 3. The van der Waals surface area contributed by atoms with E-state index < -0.39 is 0 Å². The highest BCUT2D eigenvalue weighted by Crippen LogP contribution is 2.24. The first kappa shape index (κ1) is 13.6. The van der Waals surface area contributed by atoms with Crippen molar-refractivity contribution in [1.29, 1.82) is 0 Å². The third-order valence-electron chi connectivity index (χ3n) is 4.06. The van der Waals surface area contributed by atoms with E-state index in [0.717, 1.165) is 27.5 Å². The average Bonchev–Trinajstić information content (AvgIpc) is 2.61. The van der Waals surface area contributed by atoms with Gasteiger partial charge in [0.15, 0.2) is 0 Å². The summed E-state index contributed by atoms with van der Waals surface area (Å²) in [7, 11) is 0. The first-order valence-electron chi connectivity index (χ1n) is 7.63. The predicted molar refractivity (Wildman–Crippen MR) is 92.4 cm³/mol. The Bertz CT molecular complexity index is 1080. The number of hydrogen-bond donors (Lipinski definition) is 0. The zero-order valence-electron chi connectivity index (χ0n) is 12.7. The lowest BCUT2D eigenvalue weighted by atomic mass is 10.1. The van der Waals surface area contributed by atoms with Gasteiger partial charge in [0.1, 0.15) is 5.69 Å². The molecule has 0 radical (unpaired) electrons. The van der Waals surface area contributed by atoms with Crippen LogP contribution in [0.1, 0.15) is 6.92 Å². The molecule has 4 nitrogen and oxygen atoms in total. The summed E-state index contributed by atoms with van der Waals surface area (Å²) in [6.07, 6.45) is 1.74. The van der Waals surface area contributed by atoms with Gasteiger partial charge in [-0.2, -0.15) is 0 Å². The molecule has 2 heterocycles. The van der Waals surface area contributed by atoms with Crippen LogP contribution in [0.4, 0.5) is 0 Å². The van der Waals surface area contributed by atoms with Gasteiger partial charge in [-0.1, -0.05) is 36.4 Å². The Morgan fingerprint density at radius 1 is 1.00 bits per heavy atom. The molecule has 4 heteroatoms. The summed E-state index contributed by atoms with van der Waals surface area (Å²) in [5.74, 6) is 0. The zero-order valence-corrected chi connectivity index (χ0v) is 12.7. The van der Waals surface area contributed by atoms with Crippen molar-refractivity contribution in [3.05, 3.63) is 71.1 Å². The van der Waals surface area contributed by atoms with Crippen LogP contribution in [-0.4, -0.2) is 14.5 Å². The Labute approximate surface area is 133 Å². The summed E-state index contributed by atoms with van der Waals surface area (Å²) in [5, 5.41) is 1.00. The van der Waals surface area contributed by atoms with Crippen LogP contribution in [0, 0.1) is 0 Å². The van der Waals surface area contributed by atoms with Crippen LogP contribution in [0.2, 0.25) is 0 Å². The fourth-order valence-corrected chi connectivity index (χ4v) is 2.98. The second-order valence-corrected chi connectivity index (χ2v) is 5.38. The maximum atomic E-state index is 12.9. The largest absolute Gasteiger partial charge is 0.305 e. The molecular formula is C19H15N3O. The van der Waals surface area contributed by atoms with Gasteiger partial charge in [-0.05, 0) is 25.1 Å². The van der Waals surface area contributed by atoms with E-state index in [1.54, 1.807) is 10.8 Å². The summed E-state index contributed by atoms with van der Waals surface area (Å²) in [4.78, 5) is 22.0. The van der Waals surface area contributed by atoms with Gasteiger partial charge >= 0.3 is 0 Å².